The van der Waals surface area contributed by atoms with Crippen molar-refractivity contribution < 1.29 is 9.59 Å². The molecular weight excluding hydrogens is 266 g/mol. The maximum Gasteiger partial charge on any atom is 0.242 e. The van der Waals surface area contributed by atoms with E-state index in [9.17, 15) is 9.59 Å². The van der Waals surface area contributed by atoms with Crippen molar-refractivity contribution in [2.24, 2.45) is 0 Å². The van der Waals surface area contributed by atoms with Crippen LogP contribution in [0, 0.1) is 0 Å². The lowest BCUT2D eigenvalue weighted by Gasteiger charge is -2.56. The number of fused-ring (bicyclic) bond motifs is 1. The van der Waals surface area contributed by atoms with Gasteiger partial charge >= 0.3 is 0 Å². The zero-order chi connectivity index (χ0) is 15.0. The van der Waals surface area contributed by atoms with Crippen molar-refractivity contribution in [1.82, 2.24) is 14.7 Å². The van der Waals surface area contributed by atoms with Gasteiger partial charge in [0.2, 0.25) is 11.8 Å². The topological polar surface area (TPSA) is 43.9 Å². The van der Waals surface area contributed by atoms with E-state index in [2.05, 4.69) is 23.8 Å². The smallest absolute Gasteiger partial charge is 0.242 e. The van der Waals surface area contributed by atoms with Gasteiger partial charge in [-0.15, -0.1) is 0 Å². The lowest BCUT2D eigenvalue weighted by Crippen LogP contribution is -2.67. The summed E-state index contributed by atoms with van der Waals surface area (Å²) in [5.41, 5.74) is -0.0505. The summed E-state index contributed by atoms with van der Waals surface area (Å²) < 4.78 is 0. The highest BCUT2D eigenvalue weighted by atomic mass is 16.2. The van der Waals surface area contributed by atoms with Gasteiger partial charge in [-0.2, -0.15) is 0 Å². The van der Waals surface area contributed by atoms with Gasteiger partial charge < -0.3 is 14.7 Å². The van der Waals surface area contributed by atoms with Crippen molar-refractivity contribution in [3.8, 4) is 0 Å². The van der Waals surface area contributed by atoms with Crippen LogP contribution in [0.5, 0.6) is 0 Å². The first-order valence-electron chi connectivity index (χ1n) is 8.31. The molecule has 3 aliphatic rings. The predicted molar refractivity (Wildman–Crippen MR) is 80.8 cm³/mol. The molecule has 118 valence electrons. The average molecular weight is 293 g/mol. The fourth-order valence-corrected chi connectivity index (χ4v) is 4.56. The molecule has 3 fully saturated rings. The lowest BCUT2D eigenvalue weighted by molar-refractivity contribution is -0.150. The van der Waals surface area contributed by atoms with Gasteiger partial charge in [0.25, 0.3) is 0 Å². The second-order valence-corrected chi connectivity index (χ2v) is 7.06. The van der Waals surface area contributed by atoms with E-state index in [1.165, 1.54) is 6.42 Å². The largest absolute Gasteiger partial charge is 0.334 e. The summed E-state index contributed by atoms with van der Waals surface area (Å²) in [5.74, 6) is 0.288. The minimum absolute atomic E-state index is 0.0505. The maximum absolute atomic E-state index is 12.8. The Hall–Kier alpha value is -1.10. The molecule has 21 heavy (non-hydrogen) atoms. The van der Waals surface area contributed by atoms with Crippen LogP contribution in [0.4, 0.5) is 0 Å². The first kappa shape index (κ1) is 14.8. The fourth-order valence-electron chi connectivity index (χ4n) is 4.56. The lowest BCUT2D eigenvalue weighted by atomic mass is 9.76. The summed E-state index contributed by atoms with van der Waals surface area (Å²) in [6, 6.07) is 0.471. The number of rotatable bonds is 2. The van der Waals surface area contributed by atoms with Gasteiger partial charge in [0.1, 0.15) is 0 Å². The summed E-state index contributed by atoms with van der Waals surface area (Å²) in [6.45, 7) is 5.26. The Labute approximate surface area is 127 Å². The molecule has 5 heteroatoms. The first-order valence-corrected chi connectivity index (χ1v) is 8.31. The van der Waals surface area contributed by atoms with Crippen LogP contribution in [0.15, 0.2) is 0 Å². The summed E-state index contributed by atoms with van der Waals surface area (Å²) in [5, 5.41) is 0. The molecule has 2 amide bonds. The highest BCUT2D eigenvalue weighted by Gasteiger charge is 2.48. The van der Waals surface area contributed by atoms with Crippen molar-refractivity contribution in [2.45, 2.75) is 57.0 Å². The Morgan fingerprint density at radius 3 is 2.76 bits per heavy atom. The zero-order valence-electron chi connectivity index (χ0n) is 13.3. The van der Waals surface area contributed by atoms with Crippen molar-refractivity contribution in [3.05, 3.63) is 0 Å². The van der Waals surface area contributed by atoms with Gasteiger partial charge in [0.15, 0.2) is 0 Å². The van der Waals surface area contributed by atoms with Crippen LogP contribution < -0.4 is 0 Å². The molecule has 0 aromatic rings. The third-order valence-corrected chi connectivity index (χ3v) is 5.72. The SMILES string of the molecule is CN1CCC[C@@]2(C)[C@@H]1CCCN2C(=O)CN1CCCC1=O. The highest BCUT2D eigenvalue weighted by Crippen LogP contribution is 2.38. The molecule has 0 saturated carbocycles. The van der Waals surface area contributed by atoms with Crippen LogP contribution in [0.2, 0.25) is 0 Å². The third-order valence-electron chi connectivity index (χ3n) is 5.72. The standard InChI is InChI=1S/C16H27N3O2/c1-16-8-5-9-17(2)13(16)6-3-11-19(16)15(21)12-18-10-4-7-14(18)20/h13H,3-12H2,1-2H3/t13-,16-/m0/s1. The highest BCUT2D eigenvalue weighted by molar-refractivity contribution is 5.86. The number of nitrogens with zero attached hydrogens (tertiary/aromatic N) is 3. The van der Waals surface area contributed by atoms with E-state index in [4.69, 9.17) is 0 Å². The van der Waals surface area contributed by atoms with Crippen LogP contribution in [-0.4, -0.2) is 71.3 Å². The van der Waals surface area contributed by atoms with E-state index in [1.807, 2.05) is 0 Å². The van der Waals surface area contributed by atoms with E-state index in [0.29, 0.717) is 12.5 Å². The number of likely N-dealkylation sites (tertiary alicyclic amines) is 3. The molecule has 3 saturated heterocycles. The quantitative estimate of drug-likeness (QED) is 0.765. The summed E-state index contributed by atoms with van der Waals surface area (Å²) in [4.78, 5) is 30.8. The minimum Gasteiger partial charge on any atom is -0.334 e. The Balaban J connectivity index is 1.73. The normalized spacial score (nSPS) is 34.2. The van der Waals surface area contributed by atoms with Crippen LogP contribution >= 0.6 is 0 Å². The Kier molecular flexibility index (Phi) is 3.95. The molecule has 5 nitrogen and oxygen atoms in total. The average Bonchev–Trinajstić information content (AvgIpc) is 2.83. The van der Waals surface area contributed by atoms with E-state index in [1.54, 1.807) is 4.90 Å². The molecule has 3 aliphatic heterocycles. The molecule has 0 bridgehead atoms. The predicted octanol–water partition coefficient (Wildman–Crippen LogP) is 1.08. The van der Waals surface area contributed by atoms with Gasteiger partial charge in [-0.05, 0) is 52.6 Å². The minimum atomic E-state index is -0.0505. The molecule has 3 heterocycles. The molecular formula is C16H27N3O2. The van der Waals surface area contributed by atoms with Gasteiger partial charge in [-0.3, -0.25) is 9.59 Å². The molecule has 0 radical (unpaired) electrons. The Morgan fingerprint density at radius 2 is 2.05 bits per heavy atom. The van der Waals surface area contributed by atoms with E-state index < -0.39 is 0 Å². The van der Waals surface area contributed by atoms with Gasteiger partial charge in [-0.25, -0.2) is 0 Å². The number of likely N-dealkylation sites (N-methyl/N-ethyl adjacent to an activating group) is 1. The summed E-state index contributed by atoms with van der Waals surface area (Å²) in [6.07, 6.45) is 5.99. The van der Waals surface area contributed by atoms with Crippen molar-refractivity contribution in [2.75, 3.05) is 33.2 Å². The van der Waals surface area contributed by atoms with E-state index in [-0.39, 0.29) is 23.9 Å². The maximum atomic E-state index is 12.8. The van der Waals surface area contributed by atoms with Crippen molar-refractivity contribution in [3.63, 3.8) is 0 Å². The second-order valence-electron chi connectivity index (χ2n) is 7.06. The fraction of sp³-hybridized carbons (Fsp3) is 0.875. The van der Waals surface area contributed by atoms with Crippen LogP contribution in [-0.2, 0) is 9.59 Å². The summed E-state index contributed by atoms with van der Waals surface area (Å²) >= 11 is 0. The second kappa shape index (κ2) is 5.59. The first-order chi connectivity index (χ1) is 10.0. The Bertz CT molecular complexity index is 439. The molecule has 0 spiro atoms. The molecule has 3 rings (SSSR count). The number of amides is 2. The number of carbonyl (C=O) groups excluding carboxylic acids is 2. The summed E-state index contributed by atoms with van der Waals surface area (Å²) in [7, 11) is 2.18. The number of carbonyl (C=O) groups is 2. The number of hydrogen-bond acceptors (Lipinski definition) is 3. The van der Waals surface area contributed by atoms with Crippen molar-refractivity contribution >= 4 is 11.8 Å². The molecule has 0 aromatic carbocycles. The van der Waals surface area contributed by atoms with Gasteiger partial charge in [-0.1, -0.05) is 0 Å². The Morgan fingerprint density at radius 1 is 1.24 bits per heavy atom. The number of hydrogen-bond donors (Lipinski definition) is 0. The molecule has 0 aromatic heterocycles. The van der Waals surface area contributed by atoms with E-state index in [0.717, 1.165) is 45.3 Å². The van der Waals surface area contributed by atoms with Crippen LogP contribution in [0.1, 0.15) is 45.4 Å². The van der Waals surface area contributed by atoms with Gasteiger partial charge in [0, 0.05) is 25.6 Å². The molecule has 0 N–H and O–H groups in total. The van der Waals surface area contributed by atoms with Gasteiger partial charge in [0.05, 0.1) is 12.1 Å². The molecule has 0 unspecified atom stereocenters. The molecule has 2 atom stereocenters. The van der Waals surface area contributed by atoms with Crippen LogP contribution in [0.3, 0.4) is 0 Å². The van der Waals surface area contributed by atoms with Crippen molar-refractivity contribution in [1.29, 1.82) is 0 Å². The molecule has 0 aliphatic carbocycles. The van der Waals surface area contributed by atoms with Crippen LogP contribution in [0.25, 0.3) is 0 Å². The third kappa shape index (κ3) is 2.56. The van der Waals surface area contributed by atoms with E-state index >= 15 is 0 Å². The number of piperidine rings is 2. The monoisotopic (exact) mass is 293 g/mol. The zero-order valence-corrected chi connectivity index (χ0v) is 13.3.